The van der Waals surface area contributed by atoms with Crippen molar-refractivity contribution in [3.05, 3.63) is 51.7 Å². The van der Waals surface area contributed by atoms with E-state index in [0.29, 0.717) is 27.6 Å². The van der Waals surface area contributed by atoms with Crippen molar-refractivity contribution in [2.75, 3.05) is 32.7 Å². The summed E-state index contributed by atoms with van der Waals surface area (Å²) in [5.74, 6) is -1.05. The number of aromatic nitrogens is 2. The predicted molar refractivity (Wildman–Crippen MR) is 145 cm³/mol. The highest BCUT2D eigenvalue weighted by atomic mass is 32.1. The molecule has 4 heterocycles. The van der Waals surface area contributed by atoms with Gasteiger partial charge in [-0.05, 0) is 47.4 Å². The molecule has 12 nitrogen and oxygen atoms in total. The third-order valence-corrected chi connectivity index (χ3v) is 7.66. The van der Waals surface area contributed by atoms with Gasteiger partial charge in [0.2, 0.25) is 0 Å². The van der Waals surface area contributed by atoms with Crippen LogP contribution in [0.1, 0.15) is 34.8 Å². The number of hydrogen-bond acceptors (Lipinski definition) is 9. The Morgan fingerprint density at radius 2 is 1.95 bits per heavy atom. The van der Waals surface area contributed by atoms with E-state index < -0.39 is 29.9 Å². The Morgan fingerprint density at radius 1 is 1.13 bits per heavy atom. The van der Waals surface area contributed by atoms with Gasteiger partial charge in [-0.15, -0.1) is 11.3 Å². The van der Waals surface area contributed by atoms with Crippen LogP contribution in [-0.4, -0.2) is 83.0 Å². The fourth-order valence-corrected chi connectivity index (χ4v) is 5.23. The molecule has 3 aromatic rings. The number of amides is 5. The Labute approximate surface area is 232 Å². The number of ether oxygens (including phenoxy) is 1. The second-order valence-corrected chi connectivity index (χ2v) is 11.0. The highest BCUT2D eigenvalue weighted by molar-refractivity contribution is 7.14. The van der Waals surface area contributed by atoms with Gasteiger partial charge < -0.3 is 30.5 Å². The quantitative estimate of drug-likeness (QED) is 0.377. The van der Waals surface area contributed by atoms with Crippen LogP contribution in [0.3, 0.4) is 0 Å². The number of anilines is 1. The second-order valence-electron chi connectivity index (χ2n) is 9.36. The van der Waals surface area contributed by atoms with Crippen LogP contribution in [0.15, 0.2) is 40.5 Å². The summed E-state index contributed by atoms with van der Waals surface area (Å²) in [4.78, 5) is 62.6. The molecular formula is C25H27N7O5S2. The van der Waals surface area contributed by atoms with Crippen molar-refractivity contribution >= 4 is 51.6 Å². The van der Waals surface area contributed by atoms with Gasteiger partial charge in [-0.3, -0.25) is 19.4 Å². The van der Waals surface area contributed by atoms with Crippen molar-refractivity contribution in [2.45, 2.75) is 31.0 Å². The zero-order valence-electron chi connectivity index (χ0n) is 21.2. The second kappa shape index (κ2) is 11.5. The number of pyridine rings is 1. The van der Waals surface area contributed by atoms with E-state index in [1.165, 1.54) is 38.7 Å². The maximum atomic E-state index is 13.5. The van der Waals surface area contributed by atoms with Crippen LogP contribution in [0.2, 0.25) is 0 Å². The molecule has 0 bridgehead atoms. The number of nitrogens with one attached hydrogen (secondary N) is 3. The molecule has 2 fully saturated rings. The number of thiazole rings is 1. The van der Waals surface area contributed by atoms with Crippen molar-refractivity contribution in [1.82, 2.24) is 30.4 Å². The average Bonchev–Trinajstić information content (AvgIpc) is 3.35. The van der Waals surface area contributed by atoms with Gasteiger partial charge in [0.15, 0.2) is 5.13 Å². The monoisotopic (exact) mass is 569 g/mol. The Bertz CT molecular complexity index is 1360. The fourth-order valence-electron chi connectivity index (χ4n) is 3.84. The first-order valence-corrected chi connectivity index (χ1v) is 14.0. The molecule has 3 N–H and O–H groups in total. The lowest BCUT2D eigenvalue weighted by Crippen LogP contribution is -2.50. The molecule has 0 radical (unpaired) electrons. The first-order chi connectivity index (χ1) is 18.8. The van der Waals surface area contributed by atoms with Gasteiger partial charge in [-0.1, -0.05) is 0 Å². The minimum absolute atomic E-state index is 0.0136. The Balaban J connectivity index is 1.24. The first kappa shape index (κ1) is 26.7. The molecule has 1 saturated heterocycles. The van der Waals surface area contributed by atoms with E-state index in [2.05, 4.69) is 25.9 Å². The van der Waals surface area contributed by atoms with E-state index >= 15 is 0 Å². The van der Waals surface area contributed by atoms with Crippen molar-refractivity contribution in [2.24, 2.45) is 0 Å². The number of hydrogen-bond donors (Lipinski definition) is 3. The molecule has 1 aliphatic carbocycles. The summed E-state index contributed by atoms with van der Waals surface area (Å²) in [5.41, 5.74) is 2.21. The van der Waals surface area contributed by atoms with E-state index in [-0.39, 0.29) is 25.3 Å². The van der Waals surface area contributed by atoms with Crippen LogP contribution < -0.4 is 16.0 Å². The Kier molecular flexibility index (Phi) is 7.86. The van der Waals surface area contributed by atoms with Gasteiger partial charge in [0.1, 0.15) is 24.5 Å². The molecule has 5 rings (SSSR count). The van der Waals surface area contributed by atoms with Crippen molar-refractivity contribution < 1.29 is 23.9 Å². The maximum absolute atomic E-state index is 13.5. The molecule has 0 unspecified atom stereocenters. The lowest BCUT2D eigenvalue weighted by molar-refractivity contribution is -0.139. The molecule has 1 saturated carbocycles. The SMILES string of the molecule is CN(C)C(=O)N[C@@H](C(=O)N1COC[C@H]1C(=O)Nc1nc(-c2ccc(C(=O)NC3CC3)cn2)cs1)c1ccsc1. The summed E-state index contributed by atoms with van der Waals surface area (Å²) in [6, 6.07) is 3.13. The van der Waals surface area contributed by atoms with Gasteiger partial charge >= 0.3 is 6.03 Å². The largest absolute Gasteiger partial charge is 0.358 e. The molecule has 2 aliphatic rings. The maximum Gasteiger partial charge on any atom is 0.317 e. The van der Waals surface area contributed by atoms with Crippen LogP contribution in [0.4, 0.5) is 9.93 Å². The summed E-state index contributed by atoms with van der Waals surface area (Å²) in [6.45, 7) is -0.0666. The average molecular weight is 570 g/mol. The molecule has 204 valence electrons. The van der Waals surface area contributed by atoms with E-state index in [0.717, 1.165) is 12.8 Å². The van der Waals surface area contributed by atoms with E-state index in [1.807, 2.05) is 5.38 Å². The Morgan fingerprint density at radius 3 is 2.62 bits per heavy atom. The van der Waals surface area contributed by atoms with E-state index in [9.17, 15) is 19.2 Å². The minimum atomic E-state index is -0.963. The number of carbonyl (C=O) groups excluding carboxylic acids is 4. The van der Waals surface area contributed by atoms with E-state index in [4.69, 9.17) is 4.74 Å². The number of thiophene rings is 1. The number of rotatable bonds is 8. The summed E-state index contributed by atoms with van der Waals surface area (Å²) in [5, 5.41) is 14.1. The molecule has 2 atom stereocenters. The molecule has 0 aromatic carbocycles. The fraction of sp³-hybridized carbons (Fsp3) is 0.360. The number of urea groups is 1. The highest BCUT2D eigenvalue weighted by Gasteiger charge is 2.39. The summed E-state index contributed by atoms with van der Waals surface area (Å²) >= 11 is 2.62. The van der Waals surface area contributed by atoms with Crippen molar-refractivity contribution in [3.63, 3.8) is 0 Å². The lowest BCUT2D eigenvalue weighted by atomic mass is 10.1. The zero-order valence-corrected chi connectivity index (χ0v) is 22.9. The highest BCUT2D eigenvalue weighted by Crippen LogP contribution is 2.26. The van der Waals surface area contributed by atoms with Gasteiger partial charge in [-0.2, -0.15) is 11.3 Å². The molecule has 0 spiro atoms. The third-order valence-electron chi connectivity index (χ3n) is 6.20. The molecule has 14 heteroatoms. The normalized spacial score (nSPS) is 17.4. The van der Waals surface area contributed by atoms with Crippen molar-refractivity contribution in [1.29, 1.82) is 0 Å². The summed E-state index contributed by atoms with van der Waals surface area (Å²) < 4.78 is 5.47. The van der Waals surface area contributed by atoms with Crippen LogP contribution >= 0.6 is 22.7 Å². The minimum Gasteiger partial charge on any atom is -0.358 e. The molecule has 5 amide bonds. The van der Waals surface area contributed by atoms with Gasteiger partial charge in [0.25, 0.3) is 17.7 Å². The first-order valence-electron chi connectivity index (χ1n) is 12.2. The third kappa shape index (κ3) is 6.24. The number of nitrogens with zero attached hydrogens (tertiary/aromatic N) is 4. The molecule has 3 aromatic heterocycles. The lowest BCUT2D eigenvalue weighted by Gasteiger charge is -2.27. The standard InChI is InChI=1S/C25H27N7O5S2/c1-31(2)25(36)29-20(15-7-8-38-11-15)23(35)32-13-37-10-19(32)22(34)30-24-28-18(12-39-24)17-6-3-14(9-26-17)21(33)27-16-4-5-16/h3,6-9,11-12,16,19-20H,4-5,10,13H2,1-2H3,(H,27,33)(H,29,36)(H,28,30,34)/t19-,20+/m0/s1. The Hall–Kier alpha value is -3.88. The zero-order chi connectivity index (χ0) is 27.5. The van der Waals surface area contributed by atoms with Crippen LogP contribution in [0.25, 0.3) is 11.4 Å². The van der Waals surface area contributed by atoms with Gasteiger partial charge in [0.05, 0.1) is 17.9 Å². The van der Waals surface area contributed by atoms with Crippen molar-refractivity contribution in [3.8, 4) is 11.4 Å². The summed E-state index contributed by atoms with van der Waals surface area (Å²) in [7, 11) is 3.16. The van der Waals surface area contributed by atoms with Crippen LogP contribution in [0, 0.1) is 0 Å². The topological polar surface area (TPSA) is 146 Å². The van der Waals surface area contributed by atoms with Gasteiger partial charge in [-0.25, -0.2) is 9.78 Å². The molecule has 1 aliphatic heterocycles. The molecular weight excluding hydrogens is 542 g/mol. The summed E-state index contributed by atoms with van der Waals surface area (Å²) in [6.07, 6.45) is 3.51. The van der Waals surface area contributed by atoms with Gasteiger partial charge in [0, 0.05) is 31.7 Å². The smallest absolute Gasteiger partial charge is 0.317 e. The van der Waals surface area contributed by atoms with Crippen LogP contribution in [0.5, 0.6) is 0 Å². The molecule has 39 heavy (non-hydrogen) atoms. The van der Waals surface area contributed by atoms with E-state index in [1.54, 1.807) is 43.1 Å². The van der Waals surface area contributed by atoms with Crippen LogP contribution in [-0.2, 0) is 14.3 Å². The predicted octanol–water partition coefficient (Wildman–Crippen LogP) is 2.29. The number of carbonyl (C=O) groups is 4.